The van der Waals surface area contributed by atoms with Crippen molar-refractivity contribution in [2.45, 2.75) is 13.0 Å². The Kier molecular flexibility index (Phi) is 5.51. The Labute approximate surface area is 189 Å². The van der Waals surface area contributed by atoms with Crippen LogP contribution in [0.1, 0.15) is 16.4 Å². The molecular formula is C23H22FN5O4. The summed E-state index contributed by atoms with van der Waals surface area (Å²) in [7, 11) is 0. The molecule has 0 bridgehead atoms. The van der Waals surface area contributed by atoms with Crippen molar-refractivity contribution < 1.29 is 23.5 Å². The van der Waals surface area contributed by atoms with Gasteiger partial charge in [0.05, 0.1) is 31.1 Å². The van der Waals surface area contributed by atoms with Crippen LogP contribution in [0.5, 0.6) is 5.75 Å². The number of nitrogens with zero attached hydrogens (tertiary/aromatic N) is 5. The van der Waals surface area contributed by atoms with Gasteiger partial charge in [0.25, 0.3) is 11.8 Å². The highest BCUT2D eigenvalue weighted by molar-refractivity contribution is 6.05. The fraction of sp³-hybridized carbons (Fsp3) is 0.304. The molecule has 2 aliphatic rings. The first kappa shape index (κ1) is 21.1. The largest absolute Gasteiger partial charge is 0.476 e. The second-order valence-electron chi connectivity index (χ2n) is 7.80. The van der Waals surface area contributed by atoms with Crippen LogP contribution in [0.25, 0.3) is 5.69 Å². The lowest BCUT2D eigenvalue weighted by molar-refractivity contribution is -0.142. The van der Waals surface area contributed by atoms with Crippen molar-refractivity contribution in [3.63, 3.8) is 0 Å². The number of hydrogen-bond acceptors (Lipinski definition) is 6. The van der Waals surface area contributed by atoms with E-state index >= 15 is 0 Å². The number of anilines is 1. The number of rotatable bonds is 3. The first-order valence-electron chi connectivity index (χ1n) is 10.6. The second-order valence-corrected chi connectivity index (χ2v) is 7.80. The van der Waals surface area contributed by atoms with Gasteiger partial charge < -0.3 is 14.4 Å². The lowest BCUT2D eigenvalue weighted by Crippen LogP contribution is -2.54. The molecule has 1 fully saturated rings. The third-order valence-electron chi connectivity index (χ3n) is 5.65. The standard InChI is InChI=1S/C23H22FN5O4/c1-15-25-21(26-29(15)17-8-6-16(24)7-9-17)23(31)28-14-20(22(30)27-10-12-32-13-11-27)33-19-5-3-2-4-18(19)28/h2-9,20H,10-14H2,1H3. The highest BCUT2D eigenvalue weighted by Crippen LogP contribution is 2.34. The second kappa shape index (κ2) is 8.62. The molecule has 1 atom stereocenters. The van der Waals surface area contributed by atoms with E-state index < -0.39 is 12.0 Å². The maximum absolute atomic E-state index is 13.5. The van der Waals surface area contributed by atoms with Crippen LogP contribution in [0.15, 0.2) is 48.5 Å². The molecule has 0 radical (unpaired) electrons. The van der Waals surface area contributed by atoms with E-state index in [1.807, 2.05) is 0 Å². The Morgan fingerprint density at radius 3 is 2.55 bits per heavy atom. The molecule has 170 valence electrons. The molecule has 9 nitrogen and oxygen atoms in total. The predicted octanol–water partition coefficient (Wildman–Crippen LogP) is 1.98. The first-order chi connectivity index (χ1) is 16.0. The number of ether oxygens (including phenoxy) is 2. The molecule has 0 spiro atoms. The van der Waals surface area contributed by atoms with E-state index in [1.165, 1.54) is 21.7 Å². The van der Waals surface area contributed by atoms with Gasteiger partial charge in [-0.15, -0.1) is 5.10 Å². The van der Waals surface area contributed by atoms with Crippen LogP contribution in [0.2, 0.25) is 0 Å². The number of amides is 2. The lowest BCUT2D eigenvalue weighted by atomic mass is 10.1. The van der Waals surface area contributed by atoms with Crippen molar-refractivity contribution in [3.05, 3.63) is 66.0 Å². The molecular weight excluding hydrogens is 429 g/mol. The van der Waals surface area contributed by atoms with Crippen LogP contribution >= 0.6 is 0 Å². The summed E-state index contributed by atoms with van der Waals surface area (Å²) in [5.41, 5.74) is 1.13. The van der Waals surface area contributed by atoms with E-state index in [0.717, 1.165) is 0 Å². The number of carbonyl (C=O) groups is 2. The molecule has 1 unspecified atom stereocenters. The summed E-state index contributed by atoms with van der Waals surface area (Å²) < 4.78 is 26.1. The molecule has 0 aliphatic carbocycles. The van der Waals surface area contributed by atoms with Gasteiger partial charge in [0.1, 0.15) is 17.4 Å². The summed E-state index contributed by atoms with van der Waals surface area (Å²) in [5.74, 6) is -0.105. The van der Waals surface area contributed by atoms with Crippen LogP contribution in [0.3, 0.4) is 0 Å². The number of aromatic nitrogens is 3. The van der Waals surface area contributed by atoms with Gasteiger partial charge in [-0.1, -0.05) is 12.1 Å². The molecule has 0 N–H and O–H groups in total. The fourth-order valence-electron chi connectivity index (χ4n) is 3.97. The Bertz CT molecular complexity index is 1190. The van der Waals surface area contributed by atoms with Gasteiger partial charge in [0, 0.05) is 13.1 Å². The molecule has 3 aromatic rings. The van der Waals surface area contributed by atoms with Gasteiger partial charge in [-0.05, 0) is 43.3 Å². The zero-order valence-corrected chi connectivity index (χ0v) is 18.0. The molecule has 33 heavy (non-hydrogen) atoms. The van der Waals surface area contributed by atoms with Crippen molar-refractivity contribution in [1.82, 2.24) is 19.7 Å². The van der Waals surface area contributed by atoms with Gasteiger partial charge in [-0.3, -0.25) is 14.5 Å². The highest BCUT2D eigenvalue weighted by atomic mass is 19.1. The summed E-state index contributed by atoms with van der Waals surface area (Å²) >= 11 is 0. The monoisotopic (exact) mass is 451 g/mol. The Morgan fingerprint density at radius 1 is 1.06 bits per heavy atom. The van der Waals surface area contributed by atoms with E-state index in [1.54, 1.807) is 48.2 Å². The third kappa shape index (κ3) is 4.05. The first-order valence-corrected chi connectivity index (χ1v) is 10.6. The van der Waals surface area contributed by atoms with Crippen LogP contribution < -0.4 is 9.64 Å². The van der Waals surface area contributed by atoms with Gasteiger partial charge in [0.2, 0.25) is 5.82 Å². The summed E-state index contributed by atoms with van der Waals surface area (Å²) in [6.07, 6.45) is -0.845. The average molecular weight is 451 g/mol. The minimum Gasteiger partial charge on any atom is -0.476 e. The topological polar surface area (TPSA) is 89.8 Å². The zero-order chi connectivity index (χ0) is 22.9. The van der Waals surface area contributed by atoms with E-state index in [0.29, 0.717) is 49.3 Å². The summed E-state index contributed by atoms with van der Waals surface area (Å²) in [6, 6.07) is 12.8. The minimum atomic E-state index is -0.845. The van der Waals surface area contributed by atoms with Gasteiger partial charge in [-0.25, -0.2) is 14.1 Å². The molecule has 2 aromatic carbocycles. The van der Waals surface area contributed by atoms with Crippen LogP contribution in [0.4, 0.5) is 10.1 Å². The summed E-state index contributed by atoms with van der Waals surface area (Å²) in [6.45, 7) is 3.67. The van der Waals surface area contributed by atoms with E-state index in [4.69, 9.17) is 9.47 Å². The number of aryl methyl sites for hydroxylation is 1. The molecule has 2 amide bonds. The number of hydrogen-bond donors (Lipinski definition) is 0. The van der Waals surface area contributed by atoms with E-state index in [-0.39, 0.29) is 24.1 Å². The Hall–Kier alpha value is -3.79. The van der Waals surface area contributed by atoms with E-state index in [2.05, 4.69) is 10.1 Å². The Balaban J connectivity index is 1.44. The summed E-state index contributed by atoms with van der Waals surface area (Å²) in [4.78, 5) is 34.1. The van der Waals surface area contributed by atoms with Gasteiger partial charge in [-0.2, -0.15) is 0 Å². The van der Waals surface area contributed by atoms with Crippen molar-refractivity contribution in [2.75, 3.05) is 37.7 Å². The third-order valence-corrected chi connectivity index (χ3v) is 5.65. The maximum atomic E-state index is 13.5. The SMILES string of the molecule is Cc1nc(C(=O)N2CC(C(=O)N3CCOCC3)Oc3ccccc32)nn1-c1ccc(F)cc1. The van der Waals surface area contributed by atoms with Gasteiger partial charge >= 0.3 is 0 Å². The maximum Gasteiger partial charge on any atom is 0.298 e. The quantitative estimate of drug-likeness (QED) is 0.605. The molecule has 2 aliphatic heterocycles. The molecule has 10 heteroatoms. The van der Waals surface area contributed by atoms with Gasteiger partial charge in [0.15, 0.2) is 6.10 Å². The average Bonchev–Trinajstić information content (AvgIpc) is 3.25. The van der Waals surface area contributed by atoms with Crippen molar-refractivity contribution >= 4 is 17.5 Å². The minimum absolute atomic E-state index is 0.0221. The lowest BCUT2D eigenvalue weighted by Gasteiger charge is -2.36. The van der Waals surface area contributed by atoms with Crippen molar-refractivity contribution in [1.29, 1.82) is 0 Å². The van der Waals surface area contributed by atoms with Crippen molar-refractivity contribution in [2.24, 2.45) is 0 Å². The summed E-state index contributed by atoms with van der Waals surface area (Å²) in [5, 5.41) is 4.36. The predicted molar refractivity (Wildman–Crippen MR) is 116 cm³/mol. The fourth-order valence-corrected chi connectivity index (χ4v) is 3.97. The molecule has 1 saturated heterocycles. The smallest absolute Gasteiger partial charge is 0.298 e. The molecule has 0 saturated carbocycles. The molecule has 5 rings (SSSR count). The van der Waals surface area contributed by atoms with Crippen LogP contribution in [-0.4, -0.2) is 70.4 Å². The molecule has 3 heterocycles. The Morgan fingerprint density at radius 2 is 1.79 bits per heavy atom. The number of morpholine rings is 1. The number of halogens is 1. The van der Waals surface area contributed by atoms with Crippen molar-refractivity contribution in [3.8, 4) is 11.4 Å². The van der Waals surface area contributed by atoms with Crippen LogP contribution in [-0.2, 0) is 9.53 Å². The number of carbonyl (C=O) groups excluding carboxylic acids is 2. The van der Waals surface area contributed by atoms with E-state index in [9.17, 15) is 14.0 Å². The number of fused-ring (bicyclic) bond motifs is 1. The van der Waals surface area contributed by atoms with Crippen LogP contribution in [0, 0.1) is 12.7 Å². The molecule has 1 aromatic heterocycles. The number of benzene rings is 2. The normalized spacial score (nSPS) is 17.9. The zero-order valence-electron chi connectivity index (χ0n) is 18.0. The number of para-hydroxylation sites is 2. The highest BCUT2D eigenvalue weighted by Gasteiger charge is 2.37.